The Morgan fingerprint density at radius 3 is 2.83 bits per heavy atom. The van der Waals surface area contributed by atoms with Gasteiger partial charge in [0, 0.05) is 12.4 Å². The second kappa shape index (κ2) is 4.79. The van der Waals surface area contributed by atoms with Gasteiger partial charge in [-0.15, -0.1) is 0 Å². The predicted octanol–water partition coefficient (Wildman–Crippen LogP) is 2.37. The fraction of sp³-hybridized carbons (Fsp3) is 0.0833. The van der Waals surface area contributed by atoms with Crippen LogP contribution in [0.2, 0.25) is 0 Å². The average molecular weight is 247 g/mol. The van der Waals surface area contributed by atoms with Crippen molar-refractivity contribution >= 4 is 17.5 Å². The minimum atomic E-state index is -1.33. The second-order valence-corrected chi connectivity index (χ2v) is 3.64. The number of aromatic carboxylic acids is 1. The zero-order valence-electron chi connectivity index (χ0n) is 9.51. The number of nitrogens with zero attached hydrogens (tertiary/aromatic N) is 2. The minimum absolute atomic E-state index is 0.133. The van der Waals surface area contributed by atoms with Gasteiger partial charge in [-0.2, -0.15) is 0 Å². The smallest absolute Gasteiger partial charge is 0.338 e. The molecule has 0 aromatic carbocycles. The van der Waals surface area contributed by atoms with Gasteiger partial charge in [0.25, 0.3) is 0 Å². The number of nitrogens with one attached hydrogen (secondary N) is 1. The molecule has 0 spiro atoms. The Balaban J connectivity index is 2.39. The van der Waals surface area contributed by atoms with Crippen LogP contribution >= 0.6 is 0 Å². The van der Waals surface area contributed by atoms with Gasteiger partial charge in [-0.25, -0.2) is 14.2 Å². The van der Waals surface area contributed by atoms with Crippen molar-refractivity contribution in [2.24, 2.45) is 0 Å². The lowest BCUT2D eigenvalue weighted by atomic mass is 10.2. The van der Waals surface area contributed by atoms with Gasteiger partial charge in [-0.3, -0.25) is 4.98 Å². The molecule has 2 aromatic heterocycles. The SMILES string of the molecule is Cc1ccncc1Nc1nccc(C(=O)O)c1F. The maximum Gasteiger partial charge on any atom is 0.338 e. The van der Waals surface area contributed by atoms with E-state index in [1.165, 1.54) is 12.4 Å². The zero-order valence-corrected chi connectivity index (χ0v) is 9.51. The van der Waals surface area contributed by atoms with E-state index in [0.29, 0.717) is 5.69 Å². The number of anilines is 2. The first-order chi connectivity index (χ1) is 8.59. The van der Waals surface area contributed by atoms with E-state index in [2.05, 4.69) is 15.3 Å². The van der Waals surface area contributed by atoms with Gasteiger partial charge < -0.3 is 10.4 Å². The van der Waals surface area contributed by atoms with E-state index in [-0.39, 0.29) is 5.82 Å². The van der Waals surface area contributed by atoms with E-state index in [1.807, 2.05) is 6.92 Å². The van der Waals surface area contributed by atoms with Crippen molar-refractivity contribution in [2.45, 2.75) is 6.92 Å². The minimum Gasteiger partial charge on any atom is -0.478 e. The molecule has 92 valence electrons. The second-order valence-electron chi connectivity index (χ2n) is 3.64. The topological polar surface area (TPSA) is 75.1 Å². The van der Waals surface area contributed by atoms with Crippen LogP contribution in [0.1, 0.15) is 15.9 Å². The molecule has 5 nitrogen and oxygen atoms in total. The molecule has 0 radical (unpaired) electrons. The number of carboxylic acids is 1. The summed E-state index contributed by atoms with van der Waals surface area (Å²) >= 11 is 0. The van der Waals surface area contributed by atoms with Crippen molar-refractivity contribution in [3.05, 3.63) is 47.7 Å². The maximum atomic E-state index is 13.8. The Labute approximate surface area is 102 Å². The predicted molar refractivity (Wildman–Crippen MR) is 63.4 cm³/mol. The molecule has 0 fully saturated rings. The third-order valence-electron chi connectivity index (χ3n) is 2.41. The summed E-state index contributed by atoms with van der Waals surface area (Å²) in [6.45, 7) is 1.82. The molecule has 0 atom stereocenters. The van der Waals surface area contributed by atoms with Crippen LogP contribution in [0.5, 0.6) is 0 Å². The Morgan fingerprint density at radius 1 is 1.39 bits per heavy atom. The van der Waals surface area contributed by atoms with Crippen molar-refractivity contribution in [1.29, 1.82) is 0 Å². The van der Waals surface area contributed by atoms with Crippen molar-refractivity contribution in [2.75, 3.05) is 5.32 Å². The third kappa shape index (κ3) is 2.27. The van der Waals surface area contributed by atoms with Gasteiger partial charge in [0.15, 0.2) is 11.6 Å². The quantitative estimate of drug-likeness (QED) is 0.870. The summed E-state index contributed by atoms with van der Waals surface area (Å²) in [5.74, 6) is -2.36. The number of rotatable bonds is 3. The Kier molecular flexibility index (Phi) is 3.18. The third-order valence-corrected chi connectivity index (χ3v) is 2.41. The molecule has 0 bridgehead atoms. The number of hydrogen-bond donors (Lipinski definition) is 2. The molecular weight excluding hydrogens is 237 g/mol. The zero-order chi connectivity index (χ0) is 13.1. The molecule has 0 aliphatic heterocycles. The van der Waals surface area contributed by atoms with Crippen LogP contribution in [0, 0.1) is 12.7 Å². The summed E-state index contributed by atoms with van der Waals surface area (Å²) in [7, 11) is 0. The molecule has 0 saturated heterocycles. The Morgan fingerprint density at radius 2 is 2.17 bits per heavy atom. The van der Waals surface area contributed by atoms with E-state index in [0.717, 1.165) is 11.6 Å². The van der Waals surface area contributed by atoms with Crippen LogP contribution in [-0.2, 0) is 0 Å². The summed E-state index contributed by atoms with van der Waals surface area (Å²) in [5, 5.41) is 11.5. The summed E-state index contributed by atoms with van der Waals surface area (Å²) in [6, 6.07) is 2.86. The lowest BCUT2D eigenvalue weighted by Gasteiger charge is -2.09. The standard InChI is InChI=1S/C12H10FN3O2/c1-7-2-4-14-6-9(7)16-11-10(13)8(12(17)18)3-5-15-11/h2-6H,1H3,(H,15,16)(H,17,18). The Hall–Kier alpha value is -2.50. The molecule has 6 heteroatoms. The fourth-order valence-corrected chi connectivity index (χ4v) is 1.42. The molecule has 0 amide bonds. The molecule has 2 aromatic rings. The van der Waals surface area contributed by atoms with Crippen LogP contribution in [0.4, 0.5) is 15.9 Å². The first kappa shape index (κ1) is 12.0. The monoisotopic (exact) mass is 247 g/mol. The van der Waals surface area contributed by atoms with E-state index >= 15 is 0 Å². The van der Waals surface area contributed by atoms with Gasteiger partial charge in [-0.05, 0) is 24.6 Å². The molecule has 0 unspecified atom stereocenters. The number of aryl methyl sites for hydroxylation is 1. The van der Waals surface area contributed by atoms with Crippen LogP contribution < -0.4 is 5.32 Å². The molecular formula is C12H10FN3O2. The van der Waals surface area contributed by atoms with E-state index in [1.54, 1.807) is 12.3 Å². The molecule has 0 saturated carbocycles. The number of hydrogen-bond acceptors (Lipinski definition) is 4. The first-order valence-corrected chi connectivity index (χ1v) is 5.15. The van der Waals surface area contributed by atoms with Crippen LogP contribution in [-0.4, -0.2) is 21.0 Å². The lowest BCUT2D eigenvalue weighted by molar-refractivity contribution is 0.0692. The van der Waals surface area contributed by atoms with Crippen molar-refractivity contribution in [3.63, 3.8) is 0 Å². The highest BCUT2D eigenvalue weighted by atomic mass is 19.1. The largest absolute Gasteiger partial charge is 0.478 e. The van der Waals surface area contributed by atoms with Gasteiger partial charge in [-0.1, -0.05) is 0 Å². The number of aromatic nitrogens is 2. The number of carbonyl (C=O) groups is 1. The molecule has 2 heterocycles. The van der Waals surface area contributed by atoms with E-state index in [9.17, 15) is 9.18 Å². The van der Waals surface area contributed by atoms with Crippen LogP contribution in [0.15, 0.2) is 30.7 Å². The first-order valence-electron chi connectivity index (χ1n) is 5.15. The molecule has 0 aliphatic carbocycles. The van der Waals surface area contributed by atoms with Gasteiger partial charge in [0.2, 0.25) is 0 Å². The van der Waals surface area contributed by atoms with Crippen LogP contribution in [0.25, 0.3) is 0 Å². The van der Waals surface area contributed by atoms with Gasteiger partial charge in [0.05, 0.1) is 11.9 Å². The molecule has 18 heavy (non-hydrogen) atoms. The lowest BCUT2D eigenvalue weighted by Crippen LogP contribution is -2.06. The number of halogens is 1. The van der Waals surface area contributed by atoms with Gasteiger partial charge >= 0.3 is 5.97 Å². The number of carboxylic acid groups (broad SMARTS) is 1. The van der Waals surface area contributed by atoms with Crippen molar-refractivity contribution in [1.82, 2.24) is 9.97 Å². The van der Waals surface area contributed by atoms with Crippen molar-refractivity contribution < 1.29 is 14.3 Å². The summed E-state index contributed by atoms with van der Waals surface area (Å²) in [4.78, 5) is 18.5. The van der Waals surface area contributed by atoms with Crippen LogP contribution in [0.3, 0.4) is 0 Å². The normalized spacial score (nSPS) is 10.1. The highest BCUT2D eigenvalue weighted by molar-refractivity contribution is 5.89. The molecule has 2 rings (SSSR count). The average Bonchev–Trinajstić information content (AvgIpc) is 2.34. The van der Waals surface area contributed by atoms with E-state index < -0.39 is 17.3 Å². The molecule has 2 N–H and O–H groups in total. The maximum absolute atomic E-state index is 13.8. The van der Waals surface area contributed by atoms with Gasteiger partial charge in [0.1, 0.15) is 5.56 Å². The fourth-order valence-electron chi connectivity index (χ4n) is 1.42. The summed E-state index contributed by atoms with van der Waals surface area (Å²) in [5.41, 5.74) is 1.01. The Bertz CT molecular complexity index is 602. The molecule has 0 aliphatic rings. The highest BCUT2D eigenvalue weighted by Gasteiger charge is 2.15. The highest BCUT2D eigenvalue weighted by Crippen LogP contribution is 2.21. The van der Waals surface area contributed by atoms with E-state index in [4.69, 9.17) is 5.11 Å². The van der Waals surface area contributed by atoms with Crippen molar-refractivity contribution in [3.8, 4) is 0 Å². The summed E-state index contributed by atoms with van der Waals surface area (Å²) < 4.78 is 13.8. The summed E-state index contributed by atoms with van der Waals surface area (Å²) in [6.07, 6.45) is 4.36. The number of pyridine rings is 2.